The highest BCUT2D eigenvalue weighted by atomic mass is 16.6. The second-order valence-electron chi connectivity index (χ2n) is 19.7. The fourth-order valence-electron chi connectivity index (χ4n) is 11.0. The van der Waals surface area contributed by atoms with Crippen LogP contribution in [0.15, 0.2) is 84.9 Å². The summed E-state index contributed by atoms with van der Waals surface area (Å²) in [6.07, 6.45) is 13.7. The third-order valence-electron chi connectivity index (χ3n) is 13.8. The number of carbonyl (C=O) groups is 1. The number of aryl methyl sites for hydroxylation is 2. The Bertz CT molecular complexity index is 2700. The molecule has 0 N–H and O–H groups in total. The Labute approximate surface area is 389 Å². The van der Waals surface area contributed by atoms with E-state index in [1.54, 1.807) is 5.56 Å². The summed E-state index contributed by atoms with van der Waals surface area (Å²) in [4.78, 5) is 49.9. The molecule has 0 unspecified atom stereocenters. The molecule has 4 aromatic carbocycles. The van der Waals surface area contributed by atoms with Crippen LogP contribution in [0.1, 0.15) is 130 Å². The topological polar surface area (TPSA) is 111 Å². The summed E-state index contributed by atoms with van der Waals surface area (Å²) in [5, 5.41) is 2.89. The van der Waals surface area contributed by atoms with Gasteiger partial charge in [0.15, 0.2) is 0 Å². The molecule has 10 rings (SSSR count). The van der Waals surface area contributed by atoms with E-state index in [1.165, 1.54) is 136 Å². The average molecular weight is 891 g/mol. The van der Waals surface area contributed by atoms with Gasteiger partial charge in [-0.3, -0.25) is 0 Å². The summed E-state index contributed by atoms with van der Waals surface area (Å²) >= 11 is 0. The monoisotopic (exact) mass is 890 g/mol. The predicted octanol–water partition coefficient (Wildman–Crippen LogP) is 12.4. The van der Waals surface area contributed by atoms with Crippen LogP contribution in [-0.2, 0) is 50.1 Å². The van der Waals surface area contributed by atoms with Crippen LogP contribution >= 0.6 is 0 Å². The van der Waals surface area contributed by atoms with Gasteiger partial charge in [0, 0.05) is 72.2 Å². The normalized spacial score (nSPS) is 16.5. The van der Waals surface area contributed by atoms with Crippen LogP contribution in [0, 0.1) is 13.8 Å². The lowest BCUT2D eigenvalue weighted by Gasteiger charge is -2.31. The first kappa shape index (κ1) is 47.9. The molecule has 0 bridgehead atoms. The van der Waals surface area contributed by atoms with Crippen molar-refractivity contribution in [3.8, 4) is 22.5 Å². The zero-order chi connectivity index (χ0) is 47.0. The zero-order valence-corrected chi connectivity index (χ0v) is 39.8. The van der Waals surface area contributed by atoms with Crippen molar-refractivity contribution in [1.29, 1.82) is 0 Å². The molecule has 66 heavy (non-hydrogen) atoms. The minimum absolute atomic E-state index is 0.235. The number of fused-ring (bicyclic) bond motifs is 10. The molecule has 2 aromatic heterocycles. The largest absolute Gasteiger partial charge is 0.444 e. The van der Waals surface area contributed by atoms with E-state index in [0.717, 1.165) is 26.2 Å². The van der Waals surface area contributed by atoms with Gasteiger partial charge in [0.1, 0.15) is 5.60 Å². The van der Waals surface area contributed by atoms with Gasteiger partial charge in [0.25, 0.3) is 0 Å². The quantitative estimate of drug-likeness (QED) is 0.170. The average Bonchev–Trinajstić information content (AvgIpc) is 3.77. The summed E-state index contributed by atoms with van der Waals surface area (Å²) in [5.74, 6) is 1.32. The van der Waals surface area contributed by atoms with Crippen molar-refractivity contribution in [3.63, 3.8) is 0 Å². The van der Waals surface area contributed by atoms with E-state index in [2.05, 4.69) is 120 Å². The van der Waals surface area contributed by atoms with Crippen molar-refractivity contribution in [2.75, 3.05) is 20.1 Å². The Balaban J connectivity index is 0.000000178. The number of likely N-dealkylation sites (N-methyl/N-ethyl adjacent to an activating group) is 1. The Morgan fingerprint density at radius 3 is 1.45 bits per heavy atom. The van der Waals surface area contributed by atoms with Crippen molar-refractivity contribution in [1.82, 2.24) is 18.9 Å². The Hall–Kier alpha value is -6.05. The Morgan fingerprint density at radius 1 is 0.576 bits per heavy atom. The van der Waals surface area contributed by atoms with Gasteiger partial charge in [-0.1, -0.05) is 111 Å². The smallest absolute Gasteiger partial charge is 0.410 e. The van der Waals surface area contributed by atoms with Crippen molar-refractivity contribution in [3.05, 3.63) is 118 Å². The van der Waals surface area contributed by atoms with Gasteiger partial charge in [0.05, 0.1) is 11.4 Å². The van der Waals surface area contributed by atoms with Gasteiger partial charge in [0.2, 0.25) is 0 Å². The molecule has 1 amide bonds. The van der Waals surface area contributed by atoms with Crippen molar-refractivity contribution >= 4 is 40.2 Å². The highest BCUT2D eigenvalue weighted by Crippen LogP contribution is 2.47. The molecule has 4 aliphatic rings. The van der Waals surface area contributed by atoms with Gasteiger partial charge >= 0.3 is 18.4 Å². The van der Waals surface area contributed by atoms with Gasteiger partial charge in [-0.15, -0.1) is 0 Å². The van der Waals surface area contributed by atoms with E-state index in [4.69, 9.17) is 23.9 Å². The SMILES string of the molecule is Cc1ccc2c(C3CCCCC3)c3n(c2c1)CCN(C(=O)OC(C)(C)C)Cc1ccccc1-3.Cc1ccc2c(C3CCCCC3)c3n(c2c1)CCN(C)Cc1ccccc1-3.O=C=O.O=C=O. The number of hydrogen-bond donors (Lipinski definition) is 0. The molecule has 346 valence electrons. The third-order valence-corrected chi connectivity index (χ3v) is 13.8. The first-order valence-corrected chi connectivity index (χ1v) is 23.9. The summed E-state index contributed by atoms with van der Waals surface area (Å²) < 4.78 is 10.9. The first-order chi connectivity index (χ1) is 31.9. The van der Waals surface area contributed by atoms with Gasteiger partial charge in [-0.25, -0.2) is 4.79 Å². The maximum Gasteiger partial charge on any atom is 0.410 e. The Morgan fingerprint density at radius 2 is 1.00 bits per heavy atom. The minimum atomic E-state index is -0.504. The number of nitrogens with zero attached hydrogens (tertiary/aromatic N) is 4. The summed E-state index contributed by atoms with van der Waals surface area (Å²) in [6.45, 7) is 15.4. The van der Waals surface area contributed by atoms with Gasteiger partial charge in [-0.2, -0.15) is 19.2 Å². The Kier molecular flexibility index (Phi) is 15.6. The number of carbonyl (C=O) groups excluding carboxylic acids is 5. The van der Waals surface area contributed by atoms with Crippen LogP contribution < -0.4 is 0 Å². The van der Waals surface area contributed by atoms with E-state index in [0.29, 0.717) is 24.9 Å². The molecule has 10 heteroatoms. The first-order valence-electron chi connectivity index (χ1n) is 23.9. The molecule has 6 aromatic rings. The molecule has 0 atom stereocenters. The van der Waals surface area contributed by atoms with E-state index in [-0.39, 0.29) is 18.4 Å². The van der Waals surface area contributed by atoms with E-state index in [1.807, 2.05) is 25.7 Å². The van der Waals surface area contributed by atoms with E-state index in [9.17, 15) is 4.79 Å². The van der Waals surface area contributed by atoms with Crippen molar-refractivity contribution < 1.29 is 28.7 Å². The fraction of sp³-hybridized carbons (Fsp3) is 0.446. The molecule has 2 saturated carbocycles. The zero-order valence-electron chi connectivity index (χ0n) is 39.8. The molecule has 4 heterocycles. The summed E-state index contributed by atoms with van der Waals surface area (Å²) in [7, 11) is 2.25. The lowest BCUT2D eigenvalue weighted by molar-refractivity contribution is -0.193. The number of ether oxygens (including phenoxy) is 1. The van der Waals surface area contributed by atoms with Crippen LogP contribution in [0.25, 0.3) is 44.3 Å². The molecule has 10 nitrogen and oxygen atoms in total. The van der Waals surface area contributed by atoms with E-state index >= 15 is 0 Å². The van der Waals surface area contributed by atoms with Crippen LogP contribution in [0.4, 0.5) is 4.79 Å². The minimum Gasteiger partial charge on any atom is -0.444 e. The molecule has 2 aliphatic carbocycles. The maximum absolute atomic E-state index is 13.1. The van der Waals surface area contributed by atoms with Crippen LogP contribution in [0.3, 0.4) is 0 Å². The van der Waals surface area contributed by atoms with Crippen LogP contribution in [0.5, 0.6) is 0 Å². The number of benzene rings is 4. The van der Waals surface area contributed by atoms with Crippen molar-refractivity contribution in [2.45, 2.75) is 142 Å². The number of amides is 1. The lowest BCUT2D eigenvalue weighted by Crippen LogP contribution is -2.39. The molecule has 0 spiro atoms. The van der Waals surface area contributed by atoms with Crippen LogP contribution in [0.2, 0.25) is 0 Å². The second kappa shape index (κ2) is 21.5. The molecule has 0 radical (unpaired) electrons. The highest BCUT2D eigenvalue weighted by molar-refractivity contribution is 5.95. The molecular formula is C56H66N4O6. The maximum atomic E-state index is 13.1. The number of rotatable bonds is 2. The van der Waals surface area contributed by atoms with E-state index < -0.39 is 5.60 Å². The third kappa shape index (κ3) is 10.6. The molecule has 2 fully saturated rings. The molecular weight excluding hydrogens is 825 g/mol. The van der Waals surface area contributed by atoms with Gasteiger partial charge in [-0.05, 0) is 125 Å². The standard InChI is InChI=1S/C29H36N2O2.C25H30N2.2CO2/c1-20-14-15-24-25(18-20)31-17-16-30(28(32)33-29(2,3)4)19-22-12-8-9-13-23(22)27(31)26(24)21-10-6-5-7-11-21;1-18-12-13-22-23(16-18)27-15-14-26(2)17-20-10-6-7-11-21(20)25(27)24(22)19-8-4-3-5-9-19;2*2-1-3/h8-9,12-15,18,21H,5-7,10-11,16-17,19H2,1-4H3;6-7,10-13,16,19H,3-5,8-9,14-15,17H2,1-2H3;;. The number of hydrogen-bond acceptors (Lipinski definition) is 7. The lowest BCUT2D eigenvalue weighted by atomic mass is 9.81. The van der Waals surface area contributed by atoms with Crippen LogP contribution in [-0.4, -0.2) is 63.1 Å². The molecule has 2 aliphatic heterocycles. The molecule has 0 saturated heterocycles. The van der Waals surface area contributed by atoms with Gasteiger partial charge < -0.3 is 23.7 Å². The fourth-order valence-corrected chi connectivity index (χ4v) is 11.0. The predicted molar refractivity (Wildman–Crippen MR) is 259 cm³/mol. The summed E-state index contributed by atoms with van der Waals surface area (Å²) in [6, 6.07) is 31.8. The number of aromatic nitrogens is 2. The highest BCUT2D eigenvalue weighted by Gasteiger charge is 2.32. The summed E-state index contributed by atoms with van der Waals surface area (Å²) in [5.41, 5.74) is 16.3. The van der Waals surface area contributed by atoms with Crippen molar-refractivity contribution in [2.24, 2.45) is 0 Å². The second-order valence-corrected chi connectivity index (χ2v) is 19.7.